The Kier molecular flexibility index (Phi) is 5.99. The highest BCUT2D eigenvalue weighted by Gasteiger charge is 2.34. The Bertz CT molecular complexity index is 649. The van der Waals surface area contributed by atoms with Crippen molar-refractivity contribution in [3.63, 3.8) is 0 Å². The van der Waals surface area contributed by atoms with Crippen LogP contribution in [0.1, 0.15) is 44.1 Å². The van der Waals surface area contributed by atoms with Crippen molar-refractivity contribution >= 4 is 15.9 Å². The first-order chi connectivity index (χ1) is 10.9. The molecule has 126 valence electrons. The Labute approximate surface area is 139 Å². The van der Waals surface area contributed by atoms with Crippen molar-refractivity contribution < 1.29 is 13.2 Å². The minimum atomic E-state index is -3.78. The average molecular weight is 335 g/mol. The van der Waals surface area contributed by atoms with Gasteiger partial charge in [0.25, 0.3) is 10.0 Å². The molecule has 1 N–H and O–H groups in total. The van der Waals surface area contributed by atoms with Crippen LogP contribution >= 0.6 is 0 Å². The van der Waals surface area contributed by atoms with E-state index in [1.807, 2.05) is 13.0 Å². The van der Waals surface area contributed by atoms with Crippen LogP contribution in [0.2, 0.25) is 0 Å². The van der Waals surface area contributed by atoms with Gasteiger partial charge < -0.3 is 0 Å². The Morgan fingerprint density at radius 3 is 2.65 bits per heavy atom. The highest BCUT2D eigenvalue weighted by atomic mass is 32.2. The van der Waals surface area contributed by atoms with Crippen LogP contribution in [0.4, 0.5) is 0 Å². The van der Waals surface area contributed by atoms with Gasteiger partial charge in [0.15, 0.2) is 0 Å². The highest BCUT2D eigenvalue weighted by Crippen LogP contribution is 2.35. The second-order valence-corrected chi connectivity index (χ2v) is 7.98. The fourth-order valence-electron chi connectivity index (χ4n) is 3.24. The van der Waals surface area contributed by atoms with Crippen molar-refractivity contribution in [1.29, 1.82) is 0 Å². The van der Waals surface area contributed by atoms with Crippen LogP contribution in [0, 0.1) is 18.8 Å². The molecular weight excluding hydrogens is 310 g/mol. The van der Waals surface area contributed by atoms with Gasteiger partial charge in [-0.15, -0.1) is 6.58 Å². The van der Waals surface area contributed by atoms with Crippen molar-refractivity contribution in [2.45, 2.75) is 50.3 Å². The number of benzene rings is 1. The molecule has 1 aliphatic carbocycles. The first kappa shape index (κ1) is 17.7. The van der Waals surface area contributed by atoms with E-state index >= 15 is 0 Å². The quantitative estimate of drug-likeness (QED) is 0.612. The molecule has 2 unspecified atom stereocenters. The summed E-state index contributed by atoms with van der Waals surface area (Å²) in [5.74, 6) is -0.269. The summed E-state index contributed by atoms with van der Waals surface area (Å²) in [5.41, 5.74) is 0.980. The second-order valence-electron chi connectivity index (χ2n) is 6.30. The fraction of sp³-hybridized carbons (Fsp3) is 0.500. The van der Waals surface area contributed by atoms with Gasteiger partial charge in [-0.05, 0) is 57.1 Å². The molecule has 1 aliphatic rings. The van der Waals surface area contributed by atoms with Crippen LogP contribution < -0.4 is 4.72 Å². The van der Waals surface area contributed by atoms with E-state index in [0.29, 0.717) is 0 Å². The maximum Gasteiger partial charge on any atom is 0.264 e. The number of sulfonamides is 1. The Hall–Kier alpha value is -1.62. The predicted octanol–water partition coefficient (Wildman–Crippen LogP) is 3.57. The van der Waals surface area contributed by atoms with Crippen LogP contribution in [0.25, 0.3) is 0 Å². The van der Waals surface area contributed by atoms with Crippen molar-refractivity contribution in [2.75, 3.05) is 0 Å². The summed E-state index contributed by atoms with van der Waals surface area (Å²) in [5, 5.41) is 0. The molecule has 0 heterocycles. The van der Waals surface area contributed by atoms with Gasteiger partial charge in [0.1, 0.15) is 0 Å². The van der Waals surface area contributed by atoms with E-state index in [1.165, 1.54) is 12.1 Å². The molecule has 0 radical (unpaired) electrons. The molecule has 1 saturated carbocycles. The molecule has 1 fully saturated rings. The standard InChI is InChI=1S/C18H25NO3S/c1-3-4-5-7-15-8-6-9-17(15)18(20)19-23(21,22)16-12-10-14(2)11-13-16/h3,10-13,15,17H,1,4-9H2,2H3,(H,19,20). The third-order valence-corrected chi connectivity index (χ3v) is 5.91. The summed E-state index contributed by atoms with van der Waals surface area (Å²) in [7, 11) is -3.78. The number of rotatable bonds is 7. The molecule has 23 heavy (non-hydrogen) atoms. The van der Waals surface area contributed by atoms with E-state index in [1.54, 1.807) is 12.1 Å². The summed E-state index contributed by atoms with van der Waals surface area (Å²) in [6, 6.07) is 6.52. The zero-order valence-electron chi connectivity index (χ0n) is 13.6. The van der Waals surface area contributed by atoms with E-state index in [-0.39, 0.29) is 22.6 Å². The van der Waals surface area contributed by atoms with E-state index in [4.69, 9.17) is 0 Å². The predicted molar refractivity (Wildman–Crippen MR) is 91.4 cm³/mol. The van der Waals surface area contributed by atoms with Gasteiger partial charge in [-0.1, -0.05) is 30.2 Å². The number of carbonyl (C=O) groups excluding carboxylic acids is 1. The number of carbonyl (C=O) groups is 1. The molecular formula is C18H25NO3S. The monoisotopic (exact) mass is 335 g/mol. The third-order valence-electron chi connectivity index (χ3n) is 4.55. The minimum absolute atomic E-state index is 0.137. The lowest BCUT2D eigenvalue weighted by molar-refractivity contribution is -0.124. The van der Waals surface area contributed by atoms with E-state index < -0.39 is 10.0 Å². The minimum Gasteiger partial charge on any atom is -0.274 e. The molecule has 5 heteroatoms. The zero-order chi connectivity index (χ0) is 16.9. The molecule has 1 amide bonds. The van der Waals surface area contributed by atoms with Crippen molar-refractivity contribution in [3.8, 4) is 0 Å². The first-order valence-corrected chi connectivity index (χ1v) is 9.66. The normalized spacial score (nSPS) is 21.1. The molecule has 0 saturated heterocycles. The largest absolute Gasteiger partial charge is 0.274 e. The molecule has 4 nitrogen and oxygen atoms in total. The number of nitrogens with one attached hydrogen (secondary N) is 1. The Balaban J connectivity index is 2.02. The molecule has 2 rings (SSSR count). The van der Waals surface area contributed by atoms with Gasteiger partial charge in [-0.25, -0.2) is 13.1 Å². The number of allylic oxidation sites excluding steroid dienone is 1. The van der Waals surface area contributed by atoms with Crippen LogP contribution in [-0.4, -0.2) is 14.3 Å². The molecule has 0 aliphatic heterocycles. The molecule has 0 spiro atoms. The van der Waals surface area contributed by atoms with Crippen molar-refractivity contribution in [2.24, 2.45) is 11.8 Å². The zero-order valence-corrected chi connectivity index (χ0v) is 14.4. The number of hydrogen-bond donors (Lipinski definition) is 1. The van der Waals surface area contributed by atoms with Gasteiger partial charge in [0.05, 0.1) is 4.90 Å². The lowest BCUT2D eigenvalue weighted by Crippen LogP contribution is -2.37. The first-order valence-electron chi connectivity index (χ1n) is 8.18. The van der Waals surface area contributed by atoms with Gasteiger partial charge in [-0.3, -0.25) is 4.79 Å². The average Bonchev–Trinajstić information content (AvgIpc) is 2.96. The van der Waals surface area contributed by atoms with Gasteiger partial charge in [0, 0.05) is 5.92 Å². The van der Waals surface area contributed by atoms with Crippen LogP contribution in [0.5, 0.6) is 0 Å². The van der Waals surface area contributed by atoms with Gasteiger partial charge in [0.2, 0.25) is 5.91 Å². The fourth-order valence-corrected chi connectivity index (χ4v) is 4.26. The Morgan fingerprint density at radius 1 is 1.30 bits per heavy atom. The van der Waals surface area contributed by atoms with Crippen LogP contribution in [-0.2, 0) is 14.8 Å². The maximum absolute atomic E-state index is 12.4. The molecule has 0 aromatic heterocycles. The Morgan fingerprint density at radius 2 is 2.00 bits per heavy atom. The van der Waals surface area contributed by atoms with Crippen LogP contribution in [0.3, 0.4) is 0 Å². The number of hydrogen-bond acceptors (Lipinski definition) is 3. The topological polar surface area (TPSA) is 63.2 Å². The summed E-state index contributed by atoms with van der Waals surface area (Å²) in [6.45, 7) is 5.60. The smallest absolute Gasteiger partial charge is 0.264 e. The highest BCUT2D eigenvalue weighted by molar-refractivity contribution is 7.90. The summed E-state index contributed by atoms with van der Waals surface area (Å²) in [6.07, 6.45) is 7.53. The summed E-state index contributed by atoms with van der Waals surface area (Å²) in [4.78, 5) is 12.6. The van der Waals surface area contributed by atoms with Gasteiger partial charge >= 0.3 is 0 Å². The molecule has 1 aromatic carbocycles. The van der Waals surface area contributed by atoms with E-state index in [9.17, 15) is 13.2 Å². The van der Waals surface area contributed by atoms with Gasteiger partial charge in [-0.2, -0.15) is 0 Å². The molecule has 1 aromatic rings. The van der Waals surface area contributed by atoms with Crippen LogP contribution in [0.15, 0.2) is 41.8 Å². The van der Waals surface area contributed by atoms with E-state index in [0.717, 1.165) is 44.1 Å². The van der Waals surface area contributed by atoms with Crippen molar-refractivity contribution in [3.05, 3.63) is 42.5 Å². The lowest BCUT2D eigenvalue weighted by Gasteiger charge is -2.19. The third kappa shape index (κ3) is 4.67. The number of amides is 1. The molecule has 2 atom stereocenters. The molecule has 0 bridgehead atoms. The second kappa shape index (κ2) is 7.77. The van der Waals surface area contributed by atoms with Crippen molar-refractivity contribution in [1.82, 2.24) is 4.72 Å². The number of aryl methyl sites for hydroxylation is 1. The SMILES string of the molecule is C=CCCCC1CCCC1C(=O)NS(=O)(=O)c1ccc(C)cc1. The lowest BCUT2D eigenvalue weighted by atomic mass is 9.90. The number of unbranched alkanes of at least 4 members (excludes halogenated alkanes) is 1. The summed E-state index contributed by atoms with van der Waals surface area (Å²) >= 11 is 0. The van der Waals surface area contributed by atoms with E-state index in [2.05, 4.69) is 11.3 Å². The summed E-state index contributed by atoms with van der Waals surface area (Å²) < 4.78 is 26.9. The maximum atomic E-state index is 12.4.